The van der Waals surface area contributed by atoms with Crippen LogP contribution in [0.4, 0.5) is 13.2 Å². The molecule has 0 unspecified atom stereocenters. The highest BCUT2D eigenvalue weighted by atomic mass is 19.4. The van der Waals surface area contributed by atoms with Gasteiger partial charge in [-0.05, 0) is 38.5 Å². The molecule has 0 aliphatic carbocycles. The molecule has 1 aromatic carbocycles. The van der Waals surface area contributed by atoms with Gasteiger partial charge in [-0.3, -0.25) is 4.79 Å². The van der Waals surface area contributed by atoms with Gasteiger partial charge in [-0.25, -0.2) is 0 Å². The lowest BCUT2D eigenvalue weighted by Crippen LogP contribution is -2.41. The number of carbonyl (C=O) groups is 1. The molecule has 0 saturated heterocycles. The van der Waals surface area contributed by atoms with E-state index in [-0.39, 0.29) is 18.1 Å². The Bertz CT molecular complexity index is 542. The third kappa shape index (κ3) is 6.09. The summed E-state index contributed by atoms with van der Waals surface area (Å²) in [6.45, 7) is 6.00. The summed E-state index contributed by atoms with van der Waals surface area (Å²) in [7, 11) is 1.20. The lowest BCUT2D eigenvalue weighted by molar-refractivity contribution is -0.144. The second-order valence-electron chi connectivity index (χ2n) is 5.75. The zero-order chi connectivity index (χ0) is 17.7. The summed E-state index contributed by atoms with van der Waals surface area (Å²) < 4.78 is 48.1. The van der Waals surface area contributed by atoms with E-state index in [4.69, 9.17) is 9.47 Å². The van der Waals surface area contributed by atoms with Crippen molar-refractivity contribution < 1.29 is 27.4 Å². The van der Waals surface area contributed by atoms with Crippen molar-refractivity contribution in [2.24, 2.45) is 0 Å². The number of halogens is 3. The maximum absolute atomic E-state index is 12.8. The van der Waals surface area contributed by atoms with Gasteiger partial charge in [-0.2, -0.15) is 13.2 Å². The van der Waals surface area contributed by atoms with Crippen LogP contribution in [0.1, 0.15) is 38.3 Å². The number of hydrogen-bond acceptors (Lipinski definition) is 4. The second kappa shape index (κ2) is 7.68. The SMILES string of the molecule is CCOC(=O)CC(C)(C)NCc1ccc(C(F)(F)F)c(OC)c1. The van der Waals surface area contributed by atoms with E-state index < -0.39 is 17.3 Å². The lowest BCUT2D eigenvalue weighted by Gasteiger charge is -2.25. The Morgan fingerprint density at radius 3 is 2.43 bits per heavy atom. The number of esters is 1. The van der Waals surface area contributed by atoms with Gasteiger partial charge >= 0.3 is 12.1 Å². The number of nitrogens with one attached hydrogen (secondary N) is 1. The average molecular weight is 333 g/mol. The first-order chi connectivity index (χ1) is 10.6. The monoisotopic (exact) mass is 333 g/mol. The van der Waals surface area contributed by atoms with Crippen molar-refractivity contribution in [3.8, 4) is 5.75 Å². The van der Waals surface area contributed by atoms with E-state index >= 15 is 0 Å². The quantitative estimate of drug-likeness (QED) is 0.776. The van der Waals surface area contributed by atoms with Crippen molar-refractivity contribution in [3.05, 3.63) is 29.3 Å². The molecule has 0 bridgehead atoms. The first kappa shape index (κ1) is 19.3. The Balaban J connectivity index is 2.76. The minimum atomic E-state index is -4.46. The summed E-state index contributed by atoms with van der Waals surface area (Å²) >= 11 is 0. The Labute approximate surface area is 134 Å². The summed E-state index contributed by atoms with van der Waals surface area (Å²) in [4.78, 5) is 11.5. The molecule has 7 heteroatoms. The van der Waals surface area contributed by atoms with Gasteiger partial charge in [0.15, 0.2) is 0 Å². The van der Waals surface area contributed by atoms with Gasteiger partial charge in [-0.15, -0.1) is 0 Å². The molecule has 0 radical (unpaired) electrons. The summed E-state index contributed by atoms with van der Waals surface area (Å²) in [5.41, 5.74) is -0.719. The first-order valence-electron chi connectivity index (χ1n) is 7.24. The van der Waals surface area contributed by atoms with E-state index in [2.05, 4.69) is 5.32 Å². The first-order valence-corrected chi connectivity index (χ1v) is 7.24. The van der Waals surface area contributed by atoms with Crippen LogP contribution in [0.15, 0.2) is 18.2 Å². The van der Waals surface area contributed by atoms with Crippen LogP contribution in [0.3, 0.4) is 0 Å². The predicted molar refractivity (Wildman–Crippen MR) is 80.2 cm³/mol. The molecule has 0 fully saturated rings. The van der Waals surface area contributed by atoms with Crippen molar-refractivity contribution in [3.63, 3.8) is 0 Å². The second-order valence-corrected chi connectivity index (χ2v) is 5.75. The summed E-state index contributed by atoms with van der Waals surface area (Å²) in [6.07, 6.45) is -4.29. The molecule has 130 valence electrons. The smallest absolute Gasteiger partial charge is 0.419 e. The van der Waals surface area contributed by atoms with Crippen LogP contribution in [0.2, 0.25) is 0 Å². The third-order valence-corrected chi connectivity index (χ3v) is 3.23. The molecule has 0 heterocycles. The zero-order valence-corrected chi connectivity index (χ0v) is 13.7. The van der Waals surface area contributed by atoms with Gasteiger partial charge in [-0.1, -0.05) is 6.07 Å². The standard InChI is InChI=1S/C16H22F3NO3/c1-5-23-14(21)9-15(2,3)20-10-11-6-7-12(16(17,18)19)13(8-11)22-4/h6-8,20H,5,9-10H2,1-4H3. The van der Waals surface area contributed by atoms with E-state index in [9.17, 15) is 18.0 Å². The number of ether oxygens (including phenoxy) is 2. The van der Waals surface area contributed by atoms with Gasteiger partial charge in [0.25, 0.3) is 0 Å². The Hall–Kier alpha value is -1.76. The summed E-state index contributed by atoms with van der Waals surface area (Å²) in [6, 6.07) is 3.73. The number of benzene rings is 1. The Morgan fingerprint density at radius 2 is 1.91 bits per heavy atom. The van der Waals surface area contributed by atoms with Crippen molar-refractivity contribution >= 4 is 5.97 Å². The van der Waals surface area contributed by atoms with Crippen LogP contribution in [0, 0.1) is 0 Å². The molecule has 1 rings (SSSR count). The molecule has 0 aliphatic rings. The highest BCUT2D eigenvalue weighted by Gasteiger charge is 2.34. The van der Waals surface area contributed by atoms with Crippen molar-refractivity contribution in [1.29, 1.82) is 0 Å². The molecule has 0 atom stereocenters. The van der Waals surface area contributed by atoms with Crippen LogP contribution >= 0.6 is 0 Å². The van der Waals surface area contributed by atoms with Gasteiger partial charge in [0.05, 0.1) is 25.7 Å². The van der Waals surface area contributed by atoms with Crippen molar-refractivity contribution in [2.75, 3.05) is 13.7 Å². The van der Waals surface area contributed by atoms with Gasteiger partial charge in [0.1, 0.15) is 5.75 Å². The van der Waals surface area contributed by atoms with Crippen LogP contribution < -0.4 is 10.1 Å². The van der Waals surface area contributed by atoms with E-state index in [0.717, 1.165) is 6.07 Å². The van der Waals surface area contributed by atoms with E-state index in [1.54, 1.807) is 6.92 Å². The van der Waals surface area contributed by atoms with Gasteiger partial charge in [0.2, 0.25) is 0 Å². The molecule has 4 nitrogen and oxygen atoms in total. The average Bonchev–Trinajstić information content (AvgIpc) is 2.43. The van der Waals surface area contributed by atoms with E-state index in [1.165, 1.54) is 19.2 Å². The summed E-state index contributed by atoms with van der Waals surface area (Å²) in [5, 5.41) is 3.14. The highest BCUT2D eigenvalue weighted by Crippen LogP contribution is 2.36. The maximum atomic E-state index is 12.8. The molecule has 0 amide bonds. The number of hydrogen-bond donors (Lipinski definition) is 1. The fourth-order valence-electron chi connectivity index (χ4n) is 2.06. The molecule has 0 aliphatic heterocycles. The number of carbonyl (C=O) groups excluding carboxylic acids is 1. The summed E-state index contributed by atoms with van der Waals surface area (Å²) in [5.74, 6) is -0.546. The normalized spacial score (nSPS) is 12.1. The molecule has 0 spiro atoms. The predicted octanol–water partition coefficient (Wildman–Crippen LogP) is 3.54. The van der Waals surface area contributed by atoms with Crippen molar-refractivity contribution in [2.45, 2.75) is 45.5 Å². The minimum Gasteiger partial charge on any atom is -0.496 e. The fourth-order valence-corrected chi connectivity index (χ4v) is 2.06. The molecule has 23 heavy (non-hydrogen) atoms. The largest absolute Gasteiger partial charge is 0.496 e. The topological polar surface area (TPSA) is 47.6 Å². The fraction of sp³-hybridized carbons (Fsp3) is 0.562. The number of rotatable bonds is 7. The van der Waals surface area contributed by atoms with Gasteiger partial charge < -0.3 is 14.8 Å². The number of alkyl halides is 3. The molecule has 1 aromatic rings. The zero-order valence-electron chi connectivity index (χ0n) is 13.7. The molecular weight excluding hydrogens is 311 g/mol. The highest BCUT2D eigenvalue weighted by molar-refractivity contribution is 5.70. The maximum Gasteiger partial charge on any atom is 0.419 e. The van der Waals surface area contributed by atoms with Crippen LogP contribution in [-0.2, 0) is 22.3 Å². The van der Waals surface area contributed by atoms with Crippen LogP contribution in [0.25, 0.3) is 0 Å². The Kier molecular flexibility index (Phi) is 6.44. The van der Waals surface area contributed by atoms with E-state index in [1.807, 2.05) is 13.8 Å². The van der Waals surface area contributed by atoms with Crippen molar-refractivity contribution in [1.82, 2.24) is 5.32 Å². The molecule has 0 saturated carbocycles. The van der Waals surface area contributed by atoms with E-state index in [0.29, 0.717) is 18.7 Å². The molecule has 1 N–H and O–H groups in total. The molecular formula is C16H22F3NO3. The Morgan fingerprint density at radius 1 is 1.26 bits per heavy atom. The van der Waals surface area contributed by atoms with Gasteiger partial charge in [0, 0.05) is 12.1 Å². The lowest BCUT2D eigenvalue weighted by atomic mass is 10.00. The van der Waals surface area contributed by atoms with Crippen LogP contribution in [0.5, 0.6) is 5.75 Å². The number of methoxy groups -OCH3 is 1. The molecule has 0 aromatic heterocycles. The minimum absolute atomic E-state index is 0.165. The third-order valence-electron chi connectivity index (χ3n) is 3.23. The van der Waals surface area contributed by atoms with Crippen LogP contribution in [-0.4, -0.2) is 25.2 Å².